The second kappa shape index (κ2) is 6.70. The summed E-state index contributed by atoms with van der Waals surface area (Å²) in [5.41, 5.74) is 0. The van der Waals surface area contributed by atoms with Crippen LogP contribution in [0.2, 0.25) is 0 Å². The van der Waals surface area contributed by atoms with Gasteiger partial charge in [0.05, 0.1) is 25.0 Å². The molecular weight excluding hydrogens is 156 g/mol. The van der Waals surface area contributed by atoms with Crippen molar-refractivity contribution in [2.24, 2.45) is 0 Å². The Morgan fingerprint density at radius 3 is 2.67 bits per heavy atom. The molecule has 0 saturated carbocycles. The minimum absolute atomic E-state index is 0.0974. The fourth-order valence-corrected chi connectivity index (χ4v) is 0.503. The van der Waals surface area contributed by atoms with Gasteiger partial charge in [0.15, 0.2) is 0 Å². The molecule has 12 heavy (non-hydrogen) atoms. The van der Waals surface area contributed by atoms with E-state index in [0.717, 1.165) is 6.42 Å². The Hall–Kier alpha value is -0.990. The van der Waals surface area contributed by atoms with E-state index in [1.165, 1.54) is 12.3 Å². The molecule has 0 aliphatic heterocycles. The van der Waals surface area contributed by atoms with Crippen LogP contribution in [0.3, 0.4) is 0 Å². The zero-order valence-corrected chi connectivity index (χ0v) is 7.87. The van der Waals surface area contributed by atoms with E-state index in [1.807, 2.05) is 20.8 Å². The largest absolute Gasteiger partial charge is 0.498 e. The Labute approximate surface area is 73.4 Å². The summed E-state index contributed by atoms with van der Waals surface area (Å²) in [6.07, 6.45) is 3.59. The molecule has 0 aromatic carbocycles. The highest BCUT2D eigenvalue weighted by atomic mass is 16.5. The van der Waals surface area contributed by atoms with Gasteiger partial charge in [-0.25, -0.2) is 4.79 Å². The van der Waals surface area contributed by atoms with Crippen LogP contribution in [0.25, 0.3) is 0 Å². The molecule has 0 radical (unpaired) electrons. The quantitative estimate of drug-likeness (QED) is 0.361. The maximum atomic E-state index is 10.8. The number of hydrogen-bond donors (Lipinski definition) is 0. The van der Waals surface area contributed by atoms with Gasteiger partial charge in [0.25, 0.3) is 0 Å². The van der Waals surface area contributed by atoms with Crippen LogP contribution in [0.5, 0.6) is 0 Å². The van der Waals surface area contributed by atoms with Gasteiger partial charge in [-0.05, 0) is 20.3 Å². The summed E-state index contributed by atoms with van der Waals surface area (Å²) in [7, 11) is 0. The van der Waals surface area contributed by atoms with Crippen LogP contribution >= 0.6 is 0 Å². The van der Waals surface area contributed by atoms with E-state index in [0.29, 0.717) is 6.61 Å². The Morgan fingerprint density at radius 1 is 1.50 bits per heavy atom. The van der Waals surface area contributed by atoms with Crippen molar-refractivity contribution in [3.63, 3.8) is 0 Å². The third kappa shape index (κ3) is 7.12. The highest BCUT2D eigenvalue weighted by Gasteiger charge is 1.94. The summed E-state index contributed by atoms with van der Waals surface area (Å²) in [4.78, 5) is 10.8. The van der Waals surface area contributed by atoms with Crippen molar-refractivity contribution in [3.05, 3.63) is 12.3 Å². The van der Waals surface area contributed by atoms with Crippen LogP contribution in [0.1, 0.15) is 27.2 Å². The minimum atomic E-state index is -0.350. The smallest absolute Gasteiger partial charge is 0.333 e. The van der Waals surface area contributed by atoms with Gasteiger partial charge in [0.1, 0.15) is 0 Å². The first kappa shape index (κ1) is 11.0. The molecule has 70 valence electrons. The van der Waals surface area contributed by atoms with Gasteiger partial charge >= 0.3 is 5.97 Å². The zero-order chi connectivity index (χ0) is 9.40. The molecule has 0 aliphatic carbocycles. The Morgan fingerprint density at radius 2 is 2.17 bits per heavy atom. The van der Waals surface area contributed by atoms with E-state index in [1.54, 1.807) is 0 Å². The molecule has 0 aliphatic rings. The van der Waals surface area contributed by atoms with Gasteiger partial charge in [0, 0.05) is 0 Å². The molecule has 0 aromatic rings. The molecule has 0 N–H and O–H groups in total. The van der Waals surface area contributed by atoms with Crippen molar-refractivity contribution in [1.29, 1.82) is 0 Å². The van der Waals surface area contributed by atoms with Crippen molar-refractivity contribution >= 4 is 5.97 Å². The Kier molecular flexibility index (Phi) is 6.15. The molecule has 0 rings (SSSR count). The number of carbonyl (C=O) groups is 1. The standard InChI is InChI=1S/C9H16O3/c1-4-6-12-9(10)5-7-11-8(2)3/h5,7-8H,4,6H2,1-3H3/b7-5+. The van der Waals surface area contributed by atoms with E-state index in [-0.39, 0.29) is 12.1 Å². The van der Waals surface area contributed by atoms with Crippen LogP contribution in [0, 0.1) is 0 Å². The fraction of sp³-hybridized carbons (Fsp3) is 0.667. The molecule has 3 nitrogen and oxygen atoms in total. The minimum Gasteiger partial charge on any atom is -0.498 e. The van der Waals surface area contributed by atoms with Crippen molar-refractivity contribution < 1.29 is 14.3 Å². The summed E-state index contributed by atoms with van der Waals surface area (Å²) < 4.78 is 9.78. The van der Waals surface area contributed by atoms with Crippen LogP contribution in [0.4, 0.5) is 0 Å². The molecule has 0 bridgehead atoms. The first-order valence-corrected chi connectivity index (χ1v) is 4.15. The molecule has 0 amide bonds. The number of esters is 1. The van der Waals surface area contributed by atoms with Gasteiger partial charge in [0.2, 0.25) is 0 Å². The summed E-state index contributed by atoms with van der Waals surface area (Å²) in [5, 5.41) is 0. The number of carbonyl (C=O) groups excluding carboxylic acids is 1. The second-order valence-corrected chi connectivity index (χ2v) is 2.66. The normalized spacial score (nSPS) is 10.7. The van der Waals surface area contributed by atoms with Gasteiger partial charge in [-0.3, -0.25) is 0 Å². The summed E-state index contributed by atoms with van der Waals surface area (Å²) in [6.45, 7) is 6.19. The third-order valence-corrected chi connectivity index (χ3v) is 1.00. The molecule has 0 saturated heterocycles. The lowest BCUT2D eigenvalue weighted by Crippen LogP contribution is -2.02. The topological polar surface area (TPSA) is 35.5 Å². The van der Waals surface area contributed by atoms with Crippen LogP contribution in [-0.4, -0.2) is 18.7 Å². The van der Waals surface area contributed by atoms with E-state index in [2.05, 4.69) is 0 Å². The van der Waals surface area contributed by atoms with Crippen LogP contribution in [-0.2, 0) is 14.3 Å². The average Bonchev–Trinajstić information content (AvgIpc) is 2.00. The van der Waals surface area contributed by atoms with E-state index < -0.39 is 0 Å². The van der Waals surface area contributed by atoms with Gasteiger partial charge in [-0.2, -0.15) is 0 Å². The number of hydrogen-bond acceptors (Lipinski definition) is 3. The van der Waals surface area contributed by atoms with Crippen molar-refractivity contribution in [3.8, 4) is 0 Å². The zero-order valence-electron chi connectivity index (χ0n) is 7.87. The number of rotatable bonds is 5. The third-order valence-electron chi connectivity index (χ3n) is 1.00. The van der Waals surface area contributed by atoms with Crippen molar-refractivity contribution in [2.75, 3.05) is 6.61 Å². The lowest BCUT2D eigenvalue weighted by Gasteiger charge is -2.02. The van der Waals surface area contributed by atoms with Crippen molar-refractivity contribution in [1.82, 2.24) is 0 Å². The SMILES string of the molecule is CCCOC(=O)/C=C/OC(C)C. The summed E-state index contributed by atoms with van der Waals surface area (Å²) in [5.74, 6) is -0.350. The molecule has 0 unspecified atom stereocenters. The van der Waals surface area contributed by atoms with Gasteiger partial charge in [-0.15, -0.1) is 0 Å². The second-order valence-electron chi connectivity index (χ2n) is 2.66. The monoisotopic (exact) mass is 172 g/mol. The lowest BCUT2D eigenvalue weighted by atomic mass is 10.5. The summed E-state index contributed by atoms with van der Waals surface area (Å²) in [6, 6.07) is 0. The summed E-state index contributed by atoms with van der Waals surface area (Å²) >= 11 is 0. The highest BCUT2D eigenvalue weighted by molar-refractivity contribution is 5.81. The maximum Gasteiger partial charge on any atom is 0.333 e. The predicted octanol–water partition coefficient (Wildman–Crippen LogP) is 1.88. The molecule has 0 spiro atoms. The van der Waals surface area contributed by atoms with Crippen molar-refractivity contribution in [2.45, 2.75) is 33.3 Å². The Bertz CT molecular complexity index is 150. The predicted molar refractivity (Wildman–Crippen MR) is 46.6 cm³/mol. The molecule has 0 aromatic heterocycles. The van der Waals surface area contributed by atoms with Crippen LogP contribution < -0.4 is 0 Å². The van der Waals surface area contributed by atoms with E-state index >= 15 is 0 Å². The number of ether oxygens (including phenoxy) is 2. The molecule has 0 atom stereocenters. The van der Waals surface area contributed by atoms with Gasteiger partial charge < -0.3 is 9.47 Å². The fourth-order valence-electron chi connectivity index (χ4n) is 0.503. The molecule has 3 heteroatoms. The van der Waals surface area contributed by atoms with Gasteiger partial charge in [-0.1, -0.05) is 6.92 Å². The first-order chi connectivity index (χ1) is 5.66. The molecule has 0 heterocycles. The first-order valence-electron chi connectivity index (χ1n) is 4.15. The maximum absolute atomic E-state index is 10.8. The molecule has 0 fully saturated rings. The molecular formula is C9H16O3. The average molecular weight is 172 g/mol. The van der Waals surface area contributed by atoms with E-state index in [4.69, 9.17) is 9.47 Å². The van der Waals surface area contributed by atoms with Crippen LogP contribution in [0.15, 0.2) is 12.3 Å². The van der Waals surface area contributed by atoms with E-state index in [9.17, 15) is 4.79 Å². The lowest BCUT2D eigenvalue weighted by molar-refractivity contribution is -0.137. The highest BCUT2D eigenvalue weighted by Crippen LogP contribution is 1.90. The Balaban J connectivity index is 3.47.